The van der Waals surface area contributed by atoms with Crippen LogP contribution in [0.4, 0.5) is 28.9 Å². The summed E-state index contributed by atoms with van der Waals surface area (Å²) in [5.74, 6) is -5.79. The topological polar surface area (TPSA) is 50.5 Å². The molecule has 3 aromatic carbocycles. The molecule has 0 saturated carbocycles. The summed E-state index contributed by atoms with van der Waals surface area (Å²) in [4.78, 5) is 3.72. The van der Waals surface area contributed by atoms with Crippen molar-refractivity contribution >= 4 is 68.2 Å². The molecular weight excluding hydrogens is 621 g/mol. The molecule has 0 fully saturated rings. The monoisotopic (exact) mass is 638 g/mol. The summed E-state index contributed by atoms with van der Waals surface area (Å²) >= 11 is 5.29. The van der Waals surface area contributed by atoms with Gasteiger partial charge in [-0.1, -0.05) is 48.5 Å². The summed E-state index contributed by atoms with van der Waals surface area (Å²) < 4.78 is 73.4. The van der Waals surface area contributed by atoms with Crippen molar-refractivity contribution in [2.75, 3.05) is 0 Å². The van der Waals surface area contributed by atoms with Gasteiger partial charge in [0.25, 0.3) is 11.8 Å². The van der Waals surface area contributed by atoms with Crippen LogP contribution in [0.3, 0.4) is 0 Å². The van der Waals surface area contributed by atoms with Crippen LogP contribution in [0.25, 0.3) is 52.8 Å². The zero-order valence-corrected chi connectivity index (χ0v) is 25.1. The van der Waals surface area contributed by atoms with Gasteiger partial charge in [-0.2, -0.15) is 17.5 Å². The van der Waals surface area contributed by atoms with Gasteiger partial charge in [-0.05, 0) is 35.4 Å². The van der Waals surface area contributed by atoms with Crippen LogP contribution in [0.15, 0.2) is 81.5 Å². The third kappa shape index (κ3) is 4.72. The van der Waals surface area contributed by atoms with Gasteiger partial charge >= 0.3 is 0 Å². The SMILES string of the molecule is CC(F)(F)c1ccc(-c2ccc(-c3c4c(c(-c5ccc(-c6ccc(C(C)(F)F)cc6)s5)c5nsnc35)N=S=N4)s2)cc1. The molecule has 0 N–H and O–H groups in total. The number of halogens is 4. The molecule has 0 atom stereocenters. The second-order valence-electron chi connectivity index (χ2n) is 9.93. The van der Waals surface area contributed by atoms with Crippen LogP contribution in [0.2, 0.25) is 0 Å². The molecule has 0 radical (unpaired) electrons. The van der Waals surface area contributed by atoms with Crippen molar-refractivity contribution in [3.05, 3.63) is 83.9 Å². The summed E-state index contributed by atoms with van der Waals surface area (Å²) in [6.45, 7) is 1.78. The van der Waals surface area contributed by atoms with Crippen LogP contribution in [0.1, 0.15) is 25.0 Å². The smallest absolute Gasteiger partial charge is 0.202 e. The van der Waals surface area contributed by atoms with E-state index >= 15 is 0 Å². The number of alkyl halides is 4. The van der Waals surface area contributed by atoms with E-state index in [1.807, 2.05) is 24.3 Å². The Kier molecular flexibility index (Phi) is 6.50. The molecule has 1 aliphatic heterocycles. The van der Waals surface area contributed by atoms with Gasteiger partial charge in [-0.25, -0.2) is 17.6 Å². The van der Waals surface area contributed by atoms with E-state index in [9.17, 15) is 17.6 Å². The molecule has 12 heteroatoms. The van der Waals surface area contributed by atoms with Crippen LogP contribution in [-0.4, -0.2) is 8.75 Å². The molecule has 0 spiro atoms. The fourth-order valence-corrected chi connectivity index (χ4v) is 8.07. The minimum Gasteiger partial charge on any atom is -0.202 e. The van der Waals surface area contributed by atoms with Crippen molar-refractivity contribution < 1.29 is 17.6 Å². The number of fused-ring (bicyclic) bond motifs is 2. The molecule has 0 unspecified atom stereocenters. The number of aromatic nitrogens is 2. The summed E-state index contributed by atoms with van der Waals surface area (Å²) in [6, 6.07) is 20.6. The number of rotatable bonds is 6. The molecule has 42 heavy (non-hydrogen) atoms. The molecule has 0 bridgehead atoms. The zero-order valence-electron chi connectivity index (χ0n) is 21.9. The number of hydrogen-bond acceptors (Lipinski definition) is 7. The van der Waals surface area contributed by atoms with Crippen molar-refractivity contribution in [3.63, 3.8) is 0 Å². The summed E-state index contributed by atoms with van der Waals surface area (Å²) in [5.41, 5.74) is 6.18. The van der Waals surface area contributed by atoms with E-state index in [1.54, 1.807) is 24.3 Å². The first-order valence-electron chi connectivity index (χ1n) is 12.7. The normalized spacial score (nSPS) is 13.1. The molecule has 7 rings (SSSR count). The van der Waals surface area contributed by atoms with Crippen molar-refractivity contribution in [2.24, 2.45) is 8.73 Å². The Labute approximate surface area is 253 Å². The lowest BCUT2D eigenvalue weighted by molar-refractivity contribution is 0.0168. The zero-order chi connectivity index (χ0) is 29.2. The summed E-state index contributed by atoms with van der Waals surface area (Å²) in [6.07, 6.45) is 0. The van der Waals surface area contributed by atoms with Crippen LogP contribution in [0.5, 0.6) is 0 Å². The molecule has 4 heterocycles. The van der Waals surface area contributed by atoms with E-state index in [4.69, 9.17) is 0 Å². The van der Waals surface area contributed by atoms with Crippen molar-refractivity contribution in [1.29, 1.82) is 0 Å². The predicted molar refractivity (Wildman–Crippen MR) is 166 cm³/mol. The average Bonchev–Trinajstić information content (AvgIpc) is 3.77. The molecular formula is C30H18F4N4S4. The Hall–Kier alpha value is -3.58. The van der Waals surface area contributed by atoms with E-state index in [0.717, 1.165) is 78.7 Å². The minimum atomic E-state index is -2.89. The fourth-order valence-electron chi connectivity index (χ4n) is 4.83. The van der Waals surface area contributed by atoms with Gasteiger partial charge in [0.1, 0.15) is 22.4 Å². The Morgan fingerprint density at radius 2 is 0.905 bits per heavy atom. The van der Waals surface area contributed by atoms with Gasteiger partial charge in [-0.15, -0.1) is 22.7 Å². The van der Waals surface area contributed by atoms with Crippen LogP contribution >= 0.6 is 34.4 Å². The molecule has 6 aromatic rings. The van der Waals surface area contributed by atoms with Crippen molar-refractivity contribution in [3.8, 4) is 41.8 Å². The Morgan fingerprint density at radius 3 is 1.29 bits per heavy atom. The van der Waals surface area contributed by atoms with Gasteiger partial charge in [0.2, 0.25) is 0 Å². The highest BCUT2D eigenvalue weighted by Gasteiger charge is 2.29. The maximum Gasteiger partial charge on any atom is 0.270 e. The van der Waals surface area contributed by atoms with Gasteiger partial charge in [0.15, 0.2) is 0 Å². The highest BCUT2D eigenvalue weighted by Crippen LogP contribution is 2.54. The quantitative estimate of drug-likeness (QED) is 0.170. The van der Waals surface area contributed by atoms with E-state index in [2.05, 4.69) is 17.5 Å². The molecule has 1 aliphatic rings. The second-order valence-corrected chi connectivity index (χ2v) is 13.2. The maximum absolute atomic E-state index is 13.7. The molecule has 210 valence electrons. The molecule has 0 amide bonds. The number of thiophene rings is 2. The van der Waals surface area contributed by atoms with Crippen LogP contribution < -0.4 is 0 Å². The second kappa shape index (κ2) is 10.0. The largest absolute Gasteiger partial charge is 0.270 e. The number of nitrogens with zero attached hydrogens (tertiary/aromatic N) is 4. The van der Waals surface area contributed by atoms with Gasteiger partial charge in [-0.3, -0.25) is 0 Å². The Bertz CT molecular complexity index is 1900. The lowest BCUT2D eigenvalue weighted by Gasteiger charge is -2.11. The summed E-state index contributed by atoms with van der Waals surface area (Å²) in [7, 11) is 0. The first-order chi connectivity index (χ1) is 20.1. The lowest BCUT2D eigenvalue weighted by Crippen LogP contribution is -2.06. The average molecular weight is 639 g/mol. The fraction of sp³-hybridized carbons (Fsp3) is 0.133. The van der Waals surface area contributed by atoms with E-state index < -0.39 is 11.8 Å². The van der Waals surface area contributed by atoms with Crippen molar-refractivity contribution in [2.45, 2.75) is 25.7 Å². The Morgan fingerprint density at radius 1 is 0.524 bits per heavy atom. The standard InChI is InChI=1S/C30H18F4N4S4/c1-29(31,32)17-7-3-15(4-8-17)19-11-13-21(39-19)23-25-27(37-41-35-25)24(28-26(23)36-42-38-28)22-14-12-20(40-22)16-5-9-18(10-6-16)30(2,33)34/h3-14H,1-2H3. The maximum atomic E-state index is 13.7. The van der Waals surface area contributed by atoms with Crippen LogP contribution in [-0.2, 0) is 23.2 Å². The van der Waals surface area contributed by atoms with Crippen LogP contribution in [0, 0.1) is 0 Å². The highest BCUT2D eigenvalue weighted by atomic mass is 32.1. The third-order valence-corrected chi connectivity index (χ3v) is 10.3. The highest BCUT2D eigenvalue weighted by molar-refractivity contribution is 7.58. The molecule has 0 aliphatic carbocycles. The number of benzene rings is 3. The number of hydrogen-bond donors (Lipinski definition) is 0. The van der Waals surface area contributed by atoms with Gasteiger partial charge in [0.05, 0.1) is 23.1 Å². The molecule has 4 nitrogen and oxygen atoms in total. The first kappa shape index (κ1) is 27.3. The van der Waals surface area contributed by atoms with Gasteiger partial charge in [0, 0.05) is 55.6 Å². The van der Waals surface area contributed by atoms with Gasteiger partial charge < -0.3 is 0 Å². The van der Waals surface area contributed by atoms with E-state index in [1.165, 1.54) is 46.9 Å². The summed E-state index contributed by atoms with van der Waals surface area (Å²) in [5, 5.41) is 0. The minimum absolute atomic E-state index is 0.0274. The van der Waals surface area contributed by atoms with Crippen molar-refractivity contribution in [1.82, 2.24) is 8.75 Å². The third-order valence-electron chi connectivity index (χ3n) is 6.98. The first-order valence-corrected chi connectivity index (χ1v) is 15.8. The van der Waals surface area contributed by atoms with E-state index in [-0.39, 0.29) is 11.1 Å². The molecule has 0 saturated heterocycles. The van der Waals surface area contributed by atoms with E-state index in [0.29, 0.717) is 22.4 Å². The lowest BCUT2D eigenvalue weighted by atomic mass is 10.0. The molecule has 3 aromatic heterocycles. The Balaban J connectivity index is 1.29. The predicted octanol–water partition coefficient (Wildman–Crippen LogP) is 11.4.